The third-order valence-corrected chi connectivity index (χ3v) is 8.69. The number of imidazole rings is 1. The van der Waals surface area contributed by atoms with Gasteiger partial charge in [0.25, 0.3) is 11.6 Å². The molecule has 0 radical (unpaired) electrons. The third kappa shape index (κ3) is 5.74. The van der Waals surface area contributed by atoms with Gasteiger partial charge in [-0.25, -0.2) is 36.9 Å². The number of benzene rings is 1. The number of aromatic nitrogens is 4. The molecule has 0 saturated heterocycles. The molecule has 216 valence electrons. The highest BCUT2D eigenvalue weighted by Gasteiger charge is 2.49. The van der Waals surface area contributed by atoms with Crippen LogP contribution in [-0.4, -0.2) is 58.0 Å². The molecular formula is C27H34F2N6O4S. The summed E-state index contributed by atoms with van der Waals surface area (Å²) < 4.78 is 59.5. The Morgan fingerprint density at radius 2 is 1.73 bits per heavy atom. The number of sulfone groups is 1. The average Bonchev–Trinajstić information content (AvgIpc) is 3.27. The second-order valence-corrected chi connectivity index (χ2v) is 13.9. The summed E-state index contributed by atoms with van der Waals surface area (Å²) >= 11 is 0. The van der Waals surface area contributed by atoms with Gasteiger partial charge < -0.3 is 15.4 Å². The van der Waals surface area contributed by atoms with Crippen LogP contribution in [0.5, 0.6) is 0 Å². The number of nitrogens with zero attached hydrogens (tertiary/aromatic N) is 4. The lowest BCUT2D eigenvalue weighted by atomic mass is 9.57. The van der Waals surface area contributed by atoms with Crippen LogP contribution in [0, 0.1) is 5.41 Å². The van der Waals surface area contributed by atoms with Crippen LogP contribution in [0.1, 0.15) is 71.5 Å². The van der Waals surface area contributed by atoms with Crippen LogP contribution in [0.15, 0.2) is 35.5 Å². The summed E-state index contributed by atoms with van der Waals surface area (Å²) in [6, 6.07) is 8.10. The fourth-order valence-electron chi connectivity index (χ4n) is 5.73. The van der Waals surface area contributed by atoms with E-state index in [-0.39, 0.29) is 22.6 Å². The van der Waals surface area contributed by atoms with Crippen LogP contribution in [0.4, 0.5) is 19.4 Å². The number of alkyl halides is 2. The summed E-state index contributed by atoms with van der Waals surface area (Å²) in [5, 5.41) is 5.92. The van der Waals surface area contributed by atoms with E-state index < -0.39 is 38.9 Å². The summed E-state index contributed by atoms with van der Waals surface area (Å²) in [6.45, 7) is 6.02. The first-order valence-corrected chi connectivity index (χ1v) is 15.2. The molecule has 0 atom stereocenters. The van der Waals surface area contributed by atoms with Gasteiger partial charge in [-0.3, -0.25) is 4.57 Å². The molecule has 0 aliphatic heterocycles. The molecule has 13 heteroatoms. The van der Waals surface area contributed by atoms with E-state index in [1.165, 1.54) is 10.6 Å². The van der Waals surface area contributed by atoms with E-state index in [0.717, 1.165) is 44.8 Å². The minimum atomic E-state index is -3.85. The SMILES string of the molecule is CC(C)(C)OC(=O)NC12CCC(CNc3cc(-n4c(C(F)F)nc5ccccc54)nc(S(C)(=O)=O)n3)(CC1)CC2. The van der Waals surface area contributed by atoms with E-state index in [1.54, 1.807) is 24.3 Å². The summed E-state index contributed by atoms with van der Waals surface area (Å²) in [4.78, 5) is 24.8. The number of alkyl carbamates (subject to hydrolysis) is 1. The molecule has 3 aliphatic carbocycles. The van der Waals surface area contributed by atoms with Crippen molar-refractivity contribution in [3.8, 4) is 5.82 Å². The van der Waals surface area contributed by atoms with Gasteiger partial charge in [-0.15, -0.1) is 0 Å². The van der Waals surface area contributed by atoms with Crippen molar-refractivity contribution in [3.05, 3.63) is 36.2 Å². The second-order valence-electron chi connectivity index (χ2n) is 12.0. The Morgan fingerprint density at radius 1 is 1.07 bits per heavy atom. The van der Waals surface area contributed by atoms with Crippen LogP contribution in [0.2, 0.25) is 0 Å². The predicted octanol–water partition coefficient (Wildman–Crippen LogP) is 5.19. The number of hydrogen-bond acceptors (Lipinski definition) is 8. The number of rotatable bonds is 7. The Kier molecular flexibility index (Phi) is 7.00. The standard InChI is InChI=1S/C27H34F2N6O4S/c1-25(2,3)39-24(36)34-27-12-9-26(10-13-27,11-14-27)16-30-19-15-20(33-23(32-19)40(4,37)38)35-18-8-6-5-7-17(18)31-22(35)21(28)29/h5-8,15,21H,9-14,16H2,1-4H3,(H,34,36)(H,30,32,33). The first-order valence-electron chi connectivity index (χ1n) is 13.3. The Hall–Kier alpha value is -3.35. The smallest absolute Gasteiger partial charge is 0.408 e. The normalized spacial score (nSPS) is 23.0. The molecule has 10 nitrogen and oxygen atoms in total. The predicted molar refractivity (Wildman–Crippen MR) is 145 cm³/mol. The molecule has 3 saturated carbocycles. The monoisotopic (exact) mass is 576 g/mol. The van der Waals surface area contributed by atoms with Crippen molar-refractivity contribution in [1.29, 1.82) is 0 Å². The number of halogens is 2. The third-order valence-electron chi connectivity index (χ3n) is 7.85. The van der Waals surface area contributed by atoms with Gasteiger partial charge in [0.1, 0.15) is 17.2 Å². The van der Waals surface area contributed by atoms with E-state index in [9.17, 15) is 22.0 Å². The summed E-state index contributed by atoms with van der Waals surface area (Å²) in [7, 11) is -3.85. The summed E-state index contributed by atoms with van der Waals surface area (Å²) in [5.74, 6) is -0.309. The molecule has 6 rings (SSSR count). The minimum Gasteiger partial charge on any atom is -0.444 e. The van der Waals surface area contributed by atoms with E-state index >= 15 is 0 Å². The lowest BCUT2D eigenvalue weighted by molar-refractivity contribution is 0.00950. The molecule has 3 aliphatic rings. The molecule has 0 spiro atoms. The maximum absolute atomic E-state index is 14.0. The summed E-state index contributed by atoms with van der Waals surface area (Å²) in [5.41, 5.74) is -0.196. The number of ether oxygens (including phenoxy) is 1. The van der Waals surface area contributed by atoms with Crippen molar-refractivity contribution < 1.29 is 26.7 Å². The highest BCUT2D eigenvalue weighted by molar-refractivity contribution is 7.90. The van der Waals surface area contributed by atoms with Crippen molar-refractivity contribution in [3.63, 3.8) is 0 Å². The zero-order valence-electron chi connectivity index (χ0n) is 23.0. The van der Waals surface area contributed by atoms with Crippen molar-refractivity contribution >= 4 is 32.8 Å². The van der Waals surface area contributed by atoms with Crippen molar-refractivity contribution in [2.75, 3.05) is 18.1 Å². The average molecular weight is 577 g/mol. The Labute approximate surface area is 231 Å². The zero-order valence-corrected chi connectivity index (χ0v) is 23.8. The maximum Gasteiger partial charge on any atom is 0.408 e. The van der Waals surface area contributed by atoms with Gasteiger partial charge in [-0.2, -0.15) is 0 Å². The minimum absolute atomic E-state index is 0.00714. The van der Waals surface area contributed by atoms with Crippen LogP contribution in [0.25, 0.3) is 16.9 Å². The van der Waals surface area contributed by atoms with Crippen molar-refractivity contribution in [1.82, 2.24) is 24.8 Å². The van der Waals surface area contributed by atoms with Crippen LogP contribution in [0.3, 0.4) is 0 Å². The van der Waals surface area contributed by atoms with Crippen LogP contribution < -0.4 is 10.6 Å². The molecular weight excluding hydrogens is 542 g/mol. The van der Waals surface area contributed by atoms with Gasteiger partial charge >= 0.3 is 6.09 Å². The van der Waals surface area contributed by atoms with Gasteiger partial charge in [0, 0.05) is 24.4 Å². The quantitative estimate of drug-likeness (QED) is 0.368. The Balaban J connectivity index is 1.38. The largest absolute Gasteiger partial charge is 0.444 e. The molecule has 3 aromatic rings. The maximum atomic E-state index is 14.0. The number of anilines is 1. The topological polar surface area (TPSA) is 128 Å². The van der Waals surface area contributed by atoms with Crippen molar-refractivity contribution in [2.24, 2.45) is 5.41 Å². The molecule has 2 bridgehead atoms. The number of carbonyl (C=O) groups is 1. The first-order chi connectivity index (χ1) is 18.7. The lowest BCUT2D eigenvalue weighted by Crippen LogP contribution is -2.58. The zero-order chi connectivity index (χ0) is 28.9. The second kappa shape index (κ2) is 9.93. The number of carbonyl (C=O) groups excluding carboxylic acids is 1. The molecule has 40 heavy (non-hydrogen) atoms. The fourth-order valence-corrected chi connectivity index (χ4v) is 6.25. The van der Waals surface area contributed by atoms with E-state index in [4.69, 9.17) is 4.74 Å². The van der Waals surface area contributed by atoms with E-state index in [0.29, 0.717) is 17.6 Å². The summed E-state index contributed by atoms with van der Waals surface area (Å²) in [6.07, 6.45) is 2.64. The molecule has 1 aromatic carbocycles. The highest BCUT2D eigenvalue weighted by Crippen LogP contribution is 2.52. The lowest BCUT2D eigenvalue weighted by Gasteiger charge is -2.53. The molecule has 2 N–H and O–H groups in total. The van der Waals surface area contributed by atoms with Gasteiger partial charge in [0.05, 0.1) is 11.0 Å². The van der Waals surface area contributed by atoms with E-state index in [1.807, 2.05) is 20.8 Å². The Morgan fingerprint density at radius 3 is 2.33 bits per heavy atom. The number of nitrogens with one attached hydrogen (secondary N) is 2. The van der Waals surface area contributed by atoms with Gasteiger partial charge in [0.15, 0.2) is 5.82 Å². The van der Waals surface area contributed by atoms with Crippen LogP contribution in [-0.2, 0) is 14.6 Å². The molecule has 2 heterocycles. The van der Waals surface area contributed by atoms with E-state index in [2.05, 4.69) is 25.6 Å². The highest BCUT2D eigenvalue weighted by atomic mass is 32.2. The number of amides is 1. The Bertz CT molecular complexity index is 1530. The molecule has 3 fully saturated rings. The fraction of sp³-hybridized carbons (Fsp3) is 0.556. The first kappa shape index (κ1) is 28.2. The molecule has 0 unspecified atom stereocenters. The number of fused-ring (bicyclic) bond motifs is 4. The van der Waals surface area contributed by atoms with Crippen molar-refractivity contribution in [2.45, 2.75) is 82.0 Å². The number of hydrogen-bond donors (Lipinski definition) is 2. The van der Waals surface area contributed by atoms with Gasteiger partial charge in [-0.05, 0) is 76.8 Å². The van der Waals surface area contributed by atoms with Gasteiger partial charge in [0.2, 0.25) is 9.84 Å². The van der Waals surface area contributed by atoms with Crippen LogP contribution >= 0.6 is 0 Å². The van der Waals surface area contributed by atoms with Gasteiger partial charge in [-0.1, -0.05) is 12.1 Å². The molecule has 2 aromatic heterocycles. The molecule has 1 amide bonds. The number of para-hydroxylation sites is 2.